The van der Waals surface area contributed by atoms with Crippen molar-refractivity contribution in [3.63, 3.8) is 0 Å². The van der Waals surface area contributed by atoms with Gasteiger partial charge >= 0.3 is 0 Å². The maximum atomic E-state index is 12.6. The summed E-state index contributed by atoms with van der Waals surface area (Å²) in [5.74, 6) is -0.600. The number of nitrogens with zero attached hydrogens (tertiary/aromatic N) is 1. The molecule has 2 aromatic carbocycles. The van der Waals surface area contributed by atoms with Gasteiger partial charge in [0.15, 0.2) is 5.78 Å². The van der Waals surface area contributed by atoms with Gasteiger partial charge in [0.1, 0.15) is 0 Å². The van der Waals surface area contributed by atoms with Crippen LogP contribution in [0.15, 0.2) is 48.7 Å². The molecule has 3 aromatic rings. The number of aromatic nitrogens is 1. The molecule has 1 N–H and O–H groups in total. The highest BCUT2D eigenvalue weighted by molar-refractivity contribution is 6.31. The average Bonchev–Trinajstić information content (AvgIpc) is 2.94. The normalized spacial score (nSPS) is 10.7. The predicted molar refractivity (Wildman–Crippen MR) is 97.6 cm³/mol. The molecule has 25 heavy (non-hydrogen) atoms. The first-order valence-electron chi connectivity index (χ1n) is 7.60. The smallest absolute Gasteiger partial charge is 0.257 e. The van der Waals surface area contributed by atoms with Crippen LogP contribution in [0, 0.1) is 0 Å². The first-order valence-corrected chi connectivity index (χ1v) is 7.98. The largest absolute Gasteiger partial charge is 0.322 e. The van der Waals surface area contributed by atoms with Gasteiger partial charge in [0, 0.05) is 34.8 Å². The van der Waals surface area contributed by atoms with Crippen molar-refractivity contribution in [2.45, 2.75) is 13.8 Å². The van der Waals surface area contributed by atoms with E-state index in [9.17, 15) is 14.4 Å². The molecule has 6 heteroatoms. The number of benzene rings is 2. The van der Waals surface area contributed by atoms with Crippen molar-refractivity contribution in [3.05, 3.63) is 64.8 Å². The number of anilines is 1. The standard InChI is InChI=1S/C19H15ClN2O3/c1-11(23)13-3-6-15(7-4-13)21-19(25)17-10-22(12(2)24)18-8-5-14(20)9-16(17)18/h3-10H,1-2H3,(H,21,25). The van der Waals surface area contributed by atoms with E-state index in [0.29, 0.717) is 32.7 Å². The molecule has 0 bridgehead atoms. The number of hydrogen-bond donors (Lipinski definition) is 1. The molecule has 1 amide bonds. The number of rotatable bonds is 3. The van der Waals surface area contributed by atoms with E-state index in [0.717, 1.165) is 0 Å². The molecule has 5 nitrogen and oxygen atoms in total. The Labute approximate surface area is 149 Å². The number of nitrogens with one attached hydrogen (secondary N) is 1. The van der Waals surface area contributed by atoms with Crippen molar-refractivity contribution in [1.29, 1.82) is 0 Å². The van der Waals surface area contributed by atoms with Crippen LogP contribution in [0.4, 0.5) is 5.69 Å². The average molecular weight is 355 g/mol. The fourth-order valence-corrected chi connectivity index (χ4v) is 2.80. The first-order chi connectivity index (χ1) is 11.9. The topological polar surface area (TPSA) is 68.2 Å². The summed E-state index contributed by atoms with van der Waals surface area (Å²) in [6, 6.07) is 11.6. The van der Waals surface area contributed by atoms with Crippen LogP contribution < -0.4 is 5.32 Å². The van der Waals surface area contributed by atoms with Crippen LogP contribution in [0.2, 0.25) is 5.02 Å². The molecule has 1 heterocycles. The molecule has 0 fully saturated rings. The minimum atomic E-state index is -0.358. The molecular weight excluding hydrogens is 340 g/mol. The Hall–Kier alpha value is -2.92. The van der Waals surface area contributed by atoms with Crippen LogP contribution in [0.1, 0.15) is 39.4 Å². The number of Topliss-reactive ketones (excluding diaryl/α,β-unsaturated/α-hetero) is 1. The molecule has 0 atom stereocenters. The number of halogens is 1. The van der Waals surface area contributed by atoms with Gasteiger partial charge in [-0.05, 0) is 49.4 Å². The zero-order valence-electron chi connectivity index (χ0n) is 13.7. The van der Waals surface area contributed by atoms with Gasteiger partial charge in [-0.25, -0.2) is 0 Å². The third-order valence-electron chi connectivity index (χ3n) is 3.90. The molecule has 0 aliphatic rings. The van der Waals surface area contributed by atoms with Crippen molar-refractivity contribution in [2.75, 3.05) is 5.32 Å². The van der Waals surface area contributed by atoms with Gasteiger partial charge in [-0.1, -0.05) is 11.6 Å². The van der Waals surface area contributed by atoms with Crippen molar-refractivity contribution in [1.82, 2.24) is 4.57 Å². The van der Waals surface area contributed by atoms with Crippen LogP contribution in [-0.2, 0) is 0 Å². The van der Waals surface area contributed by atoms with Crippen LogP contribution in [0.5, 0.6) is 0 Å². The van der Waals surface area contributed by atoms with Gasteiger partial charge in [-0.3, -0.25) is 19.0 Å². The summed E-state index contributed by atoms with van der Waals surface area (Å²) in [7, 11) is 0. The maximum Gasteiger partial charge on any atom is 0.257 e. The molecule has 3 rings (SSSR count). The summed E-state index contributed by atoms with van der Waals surface area (Å²) < 4.78 is 1.42. The molecule has 0 aliphatic heterocycles. The Balaban J connectivity index is 1.98. The fraction of sp³-hybridized carbons (Fsp3) is 0.105. The summed E-state index contributed by atoms with van der Waals surface area (Å²) >= 11 is 6.03. The van der Waals surface area contributed by atoms with Gasteiger partial charge in [-0.2, -0.15) is 0 Å². The Morgan fingerprint density at radius 2 is 1.68 bits per heavy atom. The van der Waals surface area contributed by atoms with Crippen LogP contribution in [0.25, 0.3) is 10.9 Å². The second-order valence-corrected chi connectivity index (χ2v) is 6.12. The molecule has 0 spiro atoms. The second kappa shape index (κ2) is 6.53. The Bertz CT molecular complexity index is 1000. The summed E-state index contributed by atoms with van der Waals surface area (Å²) in [4.78, 5) is 35.8. The molecule has 0 saturated heterocycles. The van der Waals surface area contributed by atoms with Crippen molar-refractivity contribution >= 4 is 45.8 Å². The maximum absolute atomic E-state index is 12.6. The molecule has 0 radical (unpaired) electrons. The third kappa shape index (κ3) is 3.32. The molecular formula is C19H15ClN2O3. The quantitative estimate of drug-likeness (QED) is 0.708. The van der Waals surface area contributed by atoms with E-state index in [2.05, 4.69) is 5.32 Å². The Kier molecular flexibility index (Phi) is 4.42. The zero-order chi connectivity index (χ0) is 18.1. The lowest BCUT2D eigenvalue weighted by molar-refractivity contribution is 0.0940. The molecule has 1 aromatic heterocycles. The summed E-state index contributed by atoms with van der Waals surface area (Å²) in [5.41, 5.74) is 2.09. The van der Waals surface area contributed by atoms with E-state index in [1.54, 1.807) is 42.5 Å². The predicted octanol–water partition coefficient (Wildman–Crippen LogP) is 4.41. The van der Waals surface area contributed by atoms with E-state index >= 15 is 0 Å². The lowest BCUT2D eigenvalue weighted by atomic mass is 10.1. The van der Waals surface area contributed by atoms with Crippen LogP contribution >= 0.6 is 11.6 Å². The van der Waals surface area contributed by atoms with Gasteiger partial charge in [-0.15, -0.1) is 0 Å². The zero-order valence-corrected chi connectivity index (χ0v) is 14.4. The van der Waals surface area contributed by atoms with Crippen LogP contribution in [0.3, 0.4) is 0 Å². The lowest BCUT2D eigenvalue weighted by Crippen LogP contribution is -2.12. The monoisotopic (exact) mass is 354 g/mol. The minimum absolute atomic E-state index is 0.0444. The van der Waals surface area contributed by atoms with Gasteiger partial charge in [0.2, 0.25) is 5.91 Å². The SMILES string of the molecule is CC(=O)c1ccc(NC(=O)c2cn(C(C)=O)c3ccc(Cl)cc23)cc1. The minimum Gasteiger partial charge on any atom is -0.322 e. The summed E-state index contributed by atoms with van der Waals surface area (Å²) in [6.07, 6.45) is 1.50. The number of hydrogen-bond acceptors (Lipinski definition) is 3. The van der Waals surface area contributed by atoms with Gasteiger partial charge in [0.05, 0.1) is 11.1 Å². The van der Waals surface area contributed by atoms with Gasteiger partial charge in [0.25, 0.3) is 5.91 Å². The van der Waals surface area contributed by atoms with Crippen molar-refractivity contribution in [2.24, 2.45) is 0 Å². The van der Waals surface area contributed by atoms with Crippen LogP contribution in [-0.4, -0.2) is 22.2 Å². The van der Waals surface area contributed by atoms with E-state index in [-0.39, 0.29) is 17.6 Å². The Morgan fingerprint density at radius 1 is 1.00 bits per heavy atom. The van der Waals surface area contributed by atoms with E-state index in [1.165, 1.54) is 24.6 Å². The number of ketones is 1. The number of carbonyl (C=O) groups is 3. The number of carbonyl (C=O) groups excluding carboxylic acids is 3. The summed E-state index contributed by atoms with van der Waals surface area (Å²) in [6.45, 7) is 2.91. The first kappa shape index (κ1) is 16.9. The highest BCUT2D eigenvalue weighted by atomic mass is 35.5. The van der Waals surface area contributed by atoms with Crippen molar-refractivity contribution in [3.8, 4) is 0 Å². The fourth-order valence-electron chi connectivity index (χ4n) is 2.63. The van der Waals surface area contributed by atoms with E-state index < -0.39 is 0 Å². The highest BCUT2D eigenvalue weighted by Gasteiger charge is 2.17. The lowest BCUT2D eigenvalue weighted by Gasteiger charge is -2.05. The Morgan fingerprint density at radius 3 is 2.28 bits per heavy atom. The molecule has 0 unspecified atom stereocenters. The number of fused-ring (bicyclic) bond motifs is 1. The van der Waals surface area contributed by atoms with Gasteiger partial charge < -0.3 is 5.32 Å². The summed E-state index contributed by atoms with van der Waals surface area (Å²) in [5, 5.41) is 3.85. The third-order valence-corrected chi connectivity index (χ3v) is 4.13. The van der Waals surface area contributed by atoms with Crippen molar-refractivity contribution < 1.29 is 14.4 Å². The molecule has 0 saturated carbocycles. The van der Waals surface area contributed by atoms with E-state index in [1.807, 2.05) is 0 Å². The molecule has 0 aliphatic carbocycles. The number of amides is 1. The second-order valence-electron chi connectivity index (χ2n) is 5.68. The molecule has 126 valence electrons. The van der Waals surface area contributed by atoms with E-state index in [4.69, 9.17) is 11.6 Å². The highest BCUT2D eigenvalue weighted by Crippen LogP contribution is 2.26.